The number of anilines is 1. The highest BCUT2D eigenvalue weighted by atomic mass is 16.2. The number of amides is 2. The van der Waals surface area contributed by atoms with Crippen molar-refractivity contribution in [2.75, 3.05) is 18.4 Å². The summed E-state index contributed by atoms with van der Waals surface area (Å²) < 4.78 is 0. The van der Waals surface area contributed by atoms with Crippen LogP contribution >= 0.6 is 0 Å². The fourth-order valence-corrected chi connectivity index (χ4v) is 1.83. The molecule has 2 amide bonds. The number of carbonyl (C=O) groups is 2. The van der Waals surface area contributed by atoms with Crippen molar-refractivity contribution in [2.45, 2.75) is 33.7 Å². The summed E-state index contributed by atoms with van der Waals surface area (Å²) in [6.07, 6.45) is 0. The second-order valence-electron chi connectivity index (χ2n) is 5.61. The van der Waals surface area contributed by atoms with Crippen molar-refractivity contribution in [2.24, 2.45) is 5.92 Å². The molecular weight excluding hydrogens is 266 g/mol. The van der Waals surface area contributed by atoms with Crippen molar-refractivity contribution in [3.05, 3.63) is 29.8 Å². The lowest BCUT2D eigenvalue weighted by molar-refractivity contribution is -0.120. The van der Waals surface area contributed by atoms with E-state index in [1.165, 1.54) is 6.92 Å². The van der Waals surface area contributed by atoms with Crippen LogP contribution in [0.2, 0.25) is 0 Å². The minimum Gasteiger partial charge on any atom is -0.355 e. The van der Waals surface area contributed by atoms with Crippen LogP contribution in [0, 0.1) is 5.92 Å². The molecule has 0 aliphatic heterocycles. The Hall–Kier alpha value is -1.88. The Morgan fingerprint density at radius 1 is 1.19 bits per heavy atom. The molecule has 0 heterocycles. The molecule has 1 aromatic carbocycles. The topological polar surface area (TPSA) is 70.2 Å². The molecule has 0 saturated carbocycles. The number of hydrogen-bond donors (Lipinski definition) is 3. The predicted molar refractivity (Wildman–Crippen MR) is 85.0 cm³/mol. The van der Waals surface area contributed by atoms with Gasteiger partial charge in [0.2, 0.25) is 11.8 Å². The zero-order valence-corrected chi connectivity index (χ0v) is 13.2. The van der Waals surface area contributed by atoms with Gasteiger partial charge in [-0.05, 0) is 30.5 Å². The second-order valence-corrected chi connectivity index (χ2v) is 5.61. The normalized spacial score (nSPS) is 12.0. The summed E-state index contributed by atoms with van der Waals surface area (Å²) in [6.45, 7) is 8.55. The Kier molecular flexibility index (Phi) is 6.88. The van der Waals surface area contributed by atoms with Crippen LogP contribution in [0.15, 0.2) is 24.3 Å². The molecule has 1 rings (SSSR count). The number of benzene rings is 1. The van der Waals surface area contributed by atoms with Gasteiger partial charge in [-0.2, -0.15) is 0 Å². The molecule has 21 heavy (non-hydrogen) atoms. The Morgan fingerprint density at radius 3 is 2.52 bits per heavy atom. The maximum absolute atomic E-state index is 11.7. The molecule has 3 N–H and O–H groups in total. The quantitative estimate of drug-likeness (QED) is 0.720. The Balaban J connectivity index is 2.49. The fraction of sp³-hybridized carbons (Fsp3) is 0.500. The molecule has 1 unspecified atom stereocenters. The summed E-state index contributed by atoms with van der Waals surface area (Å²) in [5.74, 6) is 0.343. The third-order valence-corrected chi connectivity index (χ3v) is 2.98. The first-order chi connectivity index (χ1) is 9.88. The van der Waals surface area contributed by atoms with E-state index >= 15 is 0 Å². The van der Waals surface area contributed by atoms with E-state index < -0.39 is 0 Å². The molecule has 0 bridgehead atoms. The molecule has 0 aliphatic carbocycles. The van der Waals surface area contributed by atoms with Gasteiger partial charge >= 0.3 is 0 Å². The molecule has 0 saturated heterocycles. The monoisotopic (exact) mass is 291 g/mol. The van der Waals surface area contributed by atoms with Crippen LogP contribution < -0.4 is 16.0 Å². The van der Waals surface area contributed by atoms with Gasteiger partial charge in [-0.1, -0.05) is 26.0 Å². The lowest BCUT2D eigenvalue weighted by Crippen LogP contribution is -2.36. The zero-order valence-electron chi connectivity index (χ0n) is 13.2. The van der Waals surface area contributed by atoms with Crippen molar-refractivity contribution in [3.8, 4) is 0 Å². The van der Waals surface area contributed by atoms with Gasteiger partial charge < -0.3 is 16.0 Å². The highest BCUT2D eigenvalue weighted by Gasteiger charge is 2.09. The molecule has 0 aliphatic rings. The van der Waals surface area contributed by atoms with Crippen LogP contribution in [-0.2, 0) is 9.59 Å². The molecule has 0 fully saturated rings. The van der Waals surface area contributed by atoms with Gasteiger partial charge in [0.1, 0.15) is 0 Å². The first kappa shape index (κ1) is 17.2. The predicted octanol–water partition coefficient (Wildman–Crippen LogP) is 2.07. The third kappa shape index (κ3) is 6.90. The lowest BCUT2D eigenvalue weighted by Gasteiger charge is -2.15. The van der Waals surface area contributed by atoms with E-state index in [0.717, 1.165) is 11.3 Å². The number of rotatable bonds is 7. The Morgan fingerprint density at radius 2 is 1.90 bits per heavy atom. The molecule has 1 aromatic rings. The van der Waals surface area contributed by atoms with Gasteiger partial charge in [0.15, 0.2) is 0 Å². The molecule has 0 spiro atoms. The molecule has 116 valence electrons. The van der Waals surface area contributed by atoms with Gasteiger partial charge in [-0.15, -0.1) is 0 Å². The SMILES string of the molecule is CC(=O)Nc1cccc(C(C)NCC(=O)NCC(C)C)c1. The van der Waals surface area contributed by atoms with Crippen LogP contribution in [0.3, 0.4) is 0 Å². The number of hydrogen-bond acceptors (Lipinski definition) is 3. The summed E-state index contributed by atoms with van der Waals surface area (Å²) in [6, 6.07) is 7.63. The first-order valence-corrected chi connectivity index (χ1v) is 7.26. The van der Waals surface area contributed by atoms with Gasteiger partial charge in [0.25, 0.3) is 0 Å². The van der Waals surface area contributed by atoms with Crippen molar-refractivity contribution in [3.63, 3.8) is 0 Å². The van der Waals surface area contributed by atoms with Gasteiger partial charge in [-0.3, -0.25) is 9.59 Å². The summed E-state index contributed by atoms with van der Waals surface area (Å²) >= 11 is 0. The van der Waals surface area contributed by atoms with Crippen LogP contribution in [0.25, 0.3) is 0 Å². The maximum Gasteiger partial charge on any atom is 0.233 e. The Labute approximate surface area is 126 Å². The average molecular weight is 291 g/mol. The first-order valence-electron chi connectivity index (χ1n) is 7.26. The maximum atomic E-state index is 11.7. The minimum atomic E-state index is -0.0965. The van der Waals surface area contributed by atoms with Gasteiger partial charge in [0.05, 0.1) is 6.54 Å². The molecule has 0 aromatic heterocycles. The van der Waals surface area contributed by atoms with Crippen LogP contribution in [0.4, 0.5) is 5.69 Å². The van der Waals surface area contributed by atoms with E-state index in [-0.39, 0.29) is 24.4 Å². The van der Waals surface area contributed by atoms with Crippen molar-refractivity contribution < 1.29 is 9.59 Å². The van der Waals surface area contributed by atoms with E-state index in [2.05, 4.69) is 29.8 Å². The summed E-state index contributed by atoms with van der Waals surface area (Å²) in [5.41, 5.74) is 1.79. The smallest absolute Gasteiger partial charge is 0.233 e. The van der Waals surface area contributed by atoms with Crippen LogP contribution in [0.5, 0.6) is 0 Å². The number of nitrogens with one attached hydrogen (secondary N) is 3. The summed E-state index contributed by atoms with van der Waals surface area (Å²) in [4.78, 5) is 22.7. The van der Waals surface area contributed by atoms with Crippen molar-refractivity contribution >= 4 is 17.5 Å². The summed E-state index contributed by atoms with van der Waals surface area (Å²) in [7, 11) is 0. The highest BCUT2D eigenvalue weighted by molar-refractivity contribution is 5.88. The van der Waals surface area contributed by atoms with Crippen molar-refractivity contribution in [1.82, 2.24) is 10.6 Å². The van der Waals surface area contributed by atoms with Crippen LogP contribution in [-0.4, -0.2) is 24.9 Å². The number of carbonyl (C=O) groups excluding carboxylic acids is 2. The molecule has 1 atom stereocenters. The minimum absolute atomic E-state index is 0.00596. The third-order valence-electron chi connectivity index (χ3n) is 2.98. The fourth-order valence-electron chi connectivity index (χ4n) is 1.83. The largest absolute Gasteiger partial charge is 0.355 e. The second kappa shape index (κ2) is 8.42. The summed E-state index contributed by atoms with van der Waals surface area (Å²) in [5, 5.41) is 8.80. The van der Waals surface area contributed by atoms with E-state index in [0.29, 0.717) is 12.5 Å². The molecular formula is C16H25N3O2. The van der Waals surface area contributed by atoms with E-state index in [1.807, 2.05) is 31.2 Å². The van der Waals surface area contributed by atoms with Gasteiger partial charge in [0, 0.05) is 25.2 Å². The van der Waals surface area contributed by atoms with Crippen LogP contribution in [0.1, 0.15) is 39.3 Å². The highest BCUT2D eigenvalue weighted by Crippen LogP contribution is 2.17. The molecule has 0 radical (unpaired) electrons. The van der Waals surface area contributed by atoms with Crippen molar-refractivity contribution in [1.29, 1.82) is 0 Å². The van der Waals surface area contributed by atoms with E-state index in [4.69, 9.17) is 0 Å². The van der Waals surface area contributed by atoms with E-state index in [9.17, 15) is 9.59 Å². The standard InChI is InChI=1S/C16H25N3O2/c1-11(2)9-18-16(21)10-17-12(3)14-6-5-7-15(8-14)19-13(4)20/h5-8,11-12,17H,9-10H2,1-4H3,(H,18,21)(H,19,20). The Bertz CT molecular complexity index is 486. The molecule has 5 nitrogen and oxygen atoms in total. The van der Waals surface area contributed by atoms with Gasteiger partial charge in [-0.25, -0.2) is 0 Å². The lowest BCUT2D eigenvalue weighted by atomic mass is 10.1. The zero-order chi connectivity index (χ0) is 15.8. The van der Waals surface area contributed by atoms with E-state index in [1.54, 1.807) is 0 Å². The average Bonchev–Trinajstić information content (AvgIpc) is 2.42. The molecule has 5 heteroatoms.